The van der Waals surface area contributed by atoms with Gasteiger partial charge in [0.25, 0.3) is 5.91 Å². The Morgan fingerprint density at radius 1 is 1.10 bits per heavy atom. The first-order chi connectivity index (χ1) is 13.7. The fourth-order valence-electron chi connectivity index (χ4n) is 3.48. The molecule has 3 rings (SSSR count). The maximum absolute atomic E-state index is 14.3. The molecule has 0 spiro atoms. The van der Waals surface area contributed by atoms with Gasteiger partial charge in [0.2, 0.25) is 10.0 Å². The van der Waals surface area contributed by atoms with Crippen LogP contribution in [0.15, 0.2) is 47.4 Å². The van der Waals surface area contributed by atoms with Crippen LogP contribution in [0, 0.1) is 5.82 Å². The molecule has 0 bridgehead atoms. The van der Waals surface area contributed by atoms with Gasteiger partial charge in [-0.3, -0.25) is 4.79 Å². The van der Waals surface area contributed by atoms with Crippen molar-refractivity contribution in [2.24, 2.45) is 0 Å². The molecule has 0 saturated carbocycles. The zero-order valence-electron chi connectivity index (χ0n) is 17.1. The number of hydrogen-bond donors (Lipinski definition) is 0. The first kappa shape index (κ1) is 21.5. The summed E-state index contributed by atoms with van der Waals surface area (Å²) in [5.74, 6) is -0.755. The van der Waals surface area contributed by atoms with Crippen LogP contribution >= 0.6 is 0 Å². The summed E-state index contributed by atoms with van der Waals surface area (Å²) >= 11 is 0. The highest BCUT2D eigenvalue weighted by molar-refractivity contribution is 7.89. The number of rotatable bonds is 6. The Morgan fingerprint density at radius 3 is 2.31 bits per heavy atom. The maximum Gasteiger partial charge on any atom is 0.253 e. The highest BCUT2D eigenvalue weighted by atomic mass is 32.2. The van der Waals surface area contributed by atoms with Crippen LogP contribution < -0.4 is 0 Å². The molecule has 1 saturated heterocycles. The molecule has 1 amide bonds. The number of halogens is 1. The summed E-state index contributed by atoms with van der Waals surface area (Å²) in [4.78, 5) is 13.9. The van der Waals surface area contributed by atoms with E-state index < -0.39 is 20.7 Å². The zero-order valence-corrected chi connectivity index (χ0v) is 17.9. The number of hydrogen-bond acceptors (Lipinski definition) is 3. The molecule has 0 aromatic heterocycles. The standard InChI is InChI=1S/C22H27FN2O3S/c1-16(2)18-8-6-17(7-9-18)15-24(3)22(26)19-10-11-20(23)21(14-19)29(27,28)25-12-4-5-13-25/h6-11,14,16H,4-5,12-13,15H2,1-3H3. The molecule has 0 aliphatic carbocycles. The molecule has 29 heavy (non-hydrogen) atoms. The van der Waals surface area contributed by atoms with E-state index in [9.17, 15) is 17.6 Å². The lowest BCUT2D eigenvalue weighted by Gasteiger charge is -2.20. The van der Waals surface area contributed by atoms with E-state index in [1.165, 1.54) is 20.8 Å². The Bertz CT molecular complexity index is 982. The Kier molecular flexibility index (Phi) is 6.39. The molecule has 5 nitrogen and oxygen atoms in total. The molecule has 2 aromatic carbocycles. The molecule has 0 radical (unpaired) electrons. The van der Waals surface area contributed by atoms with E-state index in [1.54, 1.807) is 7.05 Å². The number of carbonyl (C=O) groups excluding carboxylic acids is 1. The van der Waals surface area contributed by atoms with E-state index in [2.05, 4.69) is 13.8 Å². The van der Waals surface area contributed by atoms with Crippen LogP contribution in [0.1, 0.15) is 54.1 Å². The average molecular weight is 419 g/mol. The fourth-order valence-corrected chi connectivity index (χ4v) is 5.08. The topological polar surface area (TPSA) is 57.7 Å². The quantitative estimate of drug-likeness (QED) is 0.712. The van der Waals surface area contributed by atoms with Gasteiger partial charge in [-0.05, 0) is 48.1 Å². The Labute approximate surface area is 172 Å². The summed E-state index contributed by atoms with van der Waals surface area (Å²) in [6.07, 6.45) is 1.52. The molecule has 2 aromatic rings. The summed E-state index contributed by atoms with van der Waals surface area (Å²) in [5.41, 5.74) is 2.35. The van der Waals surface area contributed by atoms with Crippen molar-refractivity contribution in [3.63, 3.8) is 0 Å². The minimum Gasteiger partial charge on any atom is -0.337 e. The van der Waals surface area contributed by atoms with E-state index >= 15 is 0 Å². The van der Waals surface area contributed by atoms with Crippen LogP contribution in [0.3, 0.4) is 0 Å². The van der Waals surface area contributed by atoms with E-state index in [1.807, 2.05) is 24.3 Å². The van der Waals surface area contributed by atoms with Gasteiger partial charge in [-0.1, -0.05) is 38.1 Å². The predicted molar refractivity (Wildman–Crippen MR) is 111 cm³/mol. The summed E-state index contributed by atoms with van der Waals surface area (Å²) in [7, 11) is -2.29. The summed E-state index contributed by atoms with van der Waals surface area (Å²) < 4.78 is 41.1. The van der Waals surface area contributed by atoms with Crippen molar-refractivity contribution in [2.45, 2.75) is 44.0 Å². The third-order valence-corrected chi connectivity index (χ3v) is 7.19. The summed E-state index contributed by atoms with van der Waals surface area (Å²) in [6, 6.07) is 11.6. The van der Waals surface area contributed by atoms with Crippen LogP contribution in [-0.2, 0) is 16.6 Å². The van der Waals surface area contributed by atoms with Gasteiger partial charge in [0, 0.05) is 32.2 Å². The number of nitrogens with zero attached hydrogens (tertiary/aromatic N) is 2. The third kappa shape index (κ3) is 4.67. The molecule has 1 fully saturated rings. The number of sulfonamides is 1. The van der Waals surface area contributed by atoms with Crippen LogP contribution in [0.2, 0.25) is 0 Å². The van der Waals surface area contributed by atoms with Gasteiger partial charge in [0.15, 0.2) is 0 Å². The van der Waals surface area contributed by atoms with Crippen molar-refractivity contribution in [1.82, 2.24) is 9.21 Å². The van der Waals surface area contributed by atoms with Crippen molar-refractivity contribution in [3.05, 3.63) is 65.0 Å². The second-order valence-electron chi connectivity index (χ2n) is 7.81. The first-order valence-corrected chi connectivity index (χ1v) is 11.3. The van der Waals surface area contributed by atoms with Gasteiger partial charge in [0.1, 0.15) is 10.7 Å². The SMILES string of the molecule is CC(C)c1ccc(CN(C)C(=O)c2ccc(F)c(S(=O)(=O)N3CCCC3)c2)cc1. The summed E-state index contributed by atoms with van der Waals surface area (Å²) in [6.45, 7) is 5.38. The highest BCUT2D eigenvalue weighted by Crippen LogP contribution is 2.25. The molecule has 0 N–H and O–H groups in total. The van der Waals surface area contributed by atoms with Gasteiger partial charge in [-0.15, -0.1) is 0 Å². The highest BCUT2D eigenvalue weighted by Gasteiger charge is 2.30. The van der Waals surface area contributed by atoms with Crippen molar-refractivity contribution in [2.75, 3.05) is 20.1 Å². The molecule has 156 valence electrons. The number of amides is 1. The van der Waals surface area contributed by atoms with Crippen LogP contribution in [0.5, 0.6) is 0 Å². The molecule has 0 unspecified atom stereocenters. The van der Waals surface area contributed by atoms with Crippen molar-refractivity contribution < 1.29 is 17.6 Å². The lowest BCUT2D eigenvalue weighted by molar-refractivity contribution is 0.0784. The molecule has 1 aliphatic rings. The average Bonchev–Trinajstić information content (AvgIpc) is 3.24. The minimum atomic E-state index is -3.94. The van der Waals surface area contributed by atoms with E-state index in [-0.39, 0.29) is 11.5 Å². The lowest BCUT2D eigenvalue weighted by atomic mass is 10.0. The van der Waals surface area contributed by atoms with Gasteiger partial charge in [0.05, 0.1) is 0 Å². The lowest BCUT2D eigenvalue weighted by Crippen LogP contribution is -2.30. The molecule has 7 heteroatoms. The van der Waals surface area contributed by atoms with Crippen LogP contribution in [0.25, 0.3) is 0 Å². The van der Waals surface area contributed by atoms with Crippen LogP contribution in [0.4, 0.5) is 4.39 Å². The first-order valence-electron chi connectivity index (χ1n) is 9.84. The molecule has 1 aliphatic heterocycles. The van der Waals surface area contributed by atoms with Crippen molar-refractivity contribution in [3.8, 4) is 0 Å². The molecule has 0 atom stereocenters. The summed E-state index contributed by atoms with van der Waals surface area (Å²) in [5, 5.41) is 0. The van der Waals surface area contributed by atoms with Gasteiger partial charge in [-0.25, -0.2) is 12.8 Å². The fraction of sp³-hybridized carbons (Fsp3) is 0.409. The van der Waals surface area contributed by atoms with Gasteiger partial charge in [-0.2, -0.15) is 4.31 Å². The van der Waals surface area contributed by atoms with Gasteiger partial charge >= 0.3 is 0 Å². The minimum absolute atomic E-state index is 0.158. The smallest absolute Gasteiger partial charge is 0.253 e. The predicted octanol–water partition coefficient (Wildman–Crippen LogP) is 4.01. The van der Waals surface area contributed by atoms with E-state index in [4.69, 9.17) is 0 Å². The zero-order chi connectivity index (χ0) is 21.2. The maximum atomic E-state index is 14.3. The van der Waals surface area contributed by atoms with Crippen molar-refractivity contribution >= 4 is 15.9 Å². The van der Waals surface area contributed by atoms with E-state index in [0.717, 1.165) is 30.5 Å². The third-order valence-electron chi connectivity index (χ3n) is 5.27. The number of benzene rings is 2. The Hall–Kier alpha value is -2.25. The van der Waals surface area contributed by atoms with Gasteiger partial charge < -0.3 is 4.90 Å². The monoisotopic (exact) mass is 418 g/mol. The van der Waals surface area contributed by atoms with E-state index in [0.29, 0.717) is 25.6 Å². The molecular formula is C22H27FN2O3S. The second-order valence-corrected chi connectivity index (χ2v) is 9.72. The largest absolute Gasteiger partial charge is 0.337 e. The Morgan fingerprint density at radius 2 is 1.72 bits per heavy atom. The van der Waals surface area contributed by atoms with Crippen molar-refractivity contribution in [1.29, 1.82) is 0 Å². The van der Waals surface area contributed by atoms with Crippen LogP contribution in [-0.4, -0.2) is 43.7 Å². The molecule has 1 heterocycles. The Balaban J connectivity index is 1.80. The molecular weight excluding hydrogens is 391 g/mol. The number of carbonyl (C=O) groups is 1. The normalized spacial score (nSPS) is 15.1. The second kappa shape index (κ2) is 8.63.